The number of aromatic nitrogens is 4. The Morgan fingerprint density at radius 1 is 1.16 bits per heavy atom. The molecule has 9 nitrogen and oxygen atoms in total. The number of benzene rings is 2. The lowest BCUT2D eigenvalue weighted by molar-refractivity contribution is 0.102. The number of carbonyl (C=O) groups is 1. The van der Waals surface area contributed by atoms with Crippen molar-refractivity contribution in [2.75, 3.05) is 31.6 Å². The molecule has 0 bridgehead atoms. The van der Waals surface area contributed by atoms with Crippen LogP contribution in [0.5, 0.6) is 5.75 Å². The van der Waals surface area contributed by atoms with Crippen molar-refractivity contribution in [3.63, 3.8) is 0 Å². The Bertz CT molecular complexity index is 1420. The number of rotatable bonds is 8. The average molecular weight is 519 g/mol. The Kier molecular flexibility index (Phi) is 7.50. The Labute approximate surface area is 220 Å². The van der Waals surface area contributed by atoms with Crippen molar-refractivity contribution in [1.29, 1.82) is 0 Å². The maximum atomic E-state index is 13.6. The molecule has 3 heterocycles. The number of amides is 1. The molecule has 1 amide bonds. The number of carbonyl (C=O) groups excluding carboxylic acids is 1. The zero-order valence-corrected chi connectivity index (χ0v) is 21.8. The normalized spacial score (nSPS) is 14.5. The van der Waals surface area contributed by atoms with Crippen LogP contribution in [0.4, 0.5) is 10.1 Å². The highest BCUT2D eigenvalue weighted by molar-refractivity contribution is 6.04. The zero-order chi connectivity index (χ0) is 26.6. The van der Waals surface area contributed by atoms with Crippen LogP contribution in [-0.4, -0.2) is 57.0 Å². The van der Waals surface area contributed by atoms with Crippen LogP contribution in [0.1, 0.15) is 46.4 Å². The maximum absolute atomic E-state index is 13.6. The molecule has 2 aromatic carbocycles. The van der Waals surface area contributed by atoms with Gasteiger partial charge in [0.15, 0.2) is 5.82 Å². The molecule has 1 aliphatic heterocycles. The predicted octanol–water partition coefficient (Wildman–Crippen LogP) is 4.74. The van der Waals surface area contributed by atoms with Crippen LogP contribution in [0.3, 0.4) is 0 Å². The molecule has 38 heavy (non-hydrogen) atoms. The molecule has 0 atom stereocenters. The number of hydrogen-bond acceptors (Lipinski definition) is 7. The van der Waals surface area contributed by atoms with E-state index in [1.54, 1.807) is 23.9 Å². The maximum Gasteiger partial charge on any atom is 0.255 e. The molecule has 0 spiro atoms. The monoisotopic (exact) mass is 518 g/mol. The van der Waals surface area contributed by atoms with Crippen LogP contribution in [0.25, 0.3) is 11.3 Å². The van der Waals surface area contributed by atoms with E-state index < -0.39 is 0 Å². The third kappa shape index (κ3) is 5.75. The molecule has 0 saturated carbocycles. The number of halogens is 1. The van der Waals surface area contributed by atoms with Gasteiger partial charge in [0.2, 0.25) is 5.89 Å². The number of anilines is 1. The van der Waals surface area contributed by atoms with E-state index in [2.05, 4.69) is 25.5 Å². The van der Waals surface area contributed by atoms with Crippen molar-refractivity contribution in [2.45, 2.75) is 32.6 Å². The minimum Gasteiger partial charge on any atom is -0.492 e. The molecule has 198 valence electrons. The molecule has 10 heteroatoms. The quantitative estimate of drug-likeness (QED) is 0.360. The summed E-state index contributed by atoms with van der Waals surface area (Å²) in [6.07, 6.45) is 3.68. The third-order valence-electron chi connectivity index (χ3n) is 6.90. The highest BCUT2D eigenvalue weighted by atomic mass is 19.1. The van der Waals surface area contributed by atoms with Gasteiger partial charge < -0.3 is 14.6 Å². The van der Waals surface area contributed by atoms with E-state index in [0.717, 1.165) is 49.6 Å². The lowest BCUT2D eigenvalue weighted by Crippen LogP contribution is -2.36. The molecule has 1 fully saturated rings. The summed E-state index contributed by atoms with van der Waals surface area (Å²) in [5, 5.41) is 11.1. The molecule has 0 radical (unpaired) electrons. The first-order chi connectivity index (χ1) is 18.4. The molecular formula is C28H31FN6O3. The van der Waals surface area contributed by atoms with E-state index in [0.29, 0.717) is 40.9 Å². The summed E-state index contributed by atoms with van der Waals surface area (Å²) in [6.45, 7) is 6.68. The average Bonchev–Trinajstić information content (AvgIpc) is 3.54. The molecule has 4 aromatic rings. The molecule has 1 aliphatic rings. The van der Waals surface area contributed by atoms with Crippen molar-refractivity contribution in [1.82, 2.24) is 24.8 Å². The SMILES string of the molecule is Cc1noc(C2CCN(CCOc3ccc(NC(=O)c4ccc(F)c(C)c4)cc3-c3ccnn3C)CC2)n1. The fraction of sp³-hybridized carbons (Fsp3) is 0.357. The summed E-state index contributed by atoms with van der Waals surface area (Å²) in [4.78, 5) is 19.5. The van der Waals surface area contributed by atoms with E-state index in [-0.39, 0.29) is 11.7 Å². The molecule has 5 rings (SSSR count). The van der Waals surface area contributed by atoms with E-state index in [4.69, 9.17) is 9.26 Å². The molecule has 2 aromatic heterocycles. The number of nitrogens with zero attached hydrogens (tertiary/aromatic N) is 5. The Morgan fingerprint density at radius 3 is 2.66 bits per heavy atom. The molecule has 0 aliphatic carbocycles. The van der Waals surface area contributed by atoms with Crippen LogP contribution in [-0.2, 0) is 7.05 Å². The second-order valence-electron chi connectivity index (χ2n) is 9.61. The zero-order valence-electron chi connectivity index (χ0n) is 21.8. The van der Waals surface area contributed by atoms with E-state index in [1.807, 2.05) is 32.2 Å². The third-order valence-corrected chi connectivity index (χ3v) is 6.90. The van der Waals surface area contributed by atoms with Gasteiger partial charge >= 0.3 is 0 Å². The van der Waals surface area contributed by atoms with Gasteiger partial charge in [0, 0.05) is 42.5 Å². The predicted molar refractivity (Wildman–Crippen MR) is 141 cm³/mol. The van der Waals surface area contributed by atoms with Crippen LogP contribution < -0.4 is 10.1 Å². The fourth-order valence-electron chi connectivity index (χ4n) is 4.73. The van der Waals surface area contributed by atoms with Gasteiger partial charge in [0.05, 0.1) is 5.69 Å². The van der Waals surface area contributed by atoms with Crippen molar-refractivity contribution >= 4 is 11.6 Å². The number of hydrogen-bond donors (Lipinski definition) is 1. The number of ether oxygens (including phenoxy) is 1. The van der Waals surface area contributed by atoms with Crippen LogP contribution in [0, 0.1) is 19.7 Å². The summed E-state index contributed by atoms with van der Waals surface area (Å²) in [6, 6.07) is 11.8. The van der Waals surface area contributed by atoms with Gasteiger partial charge in [-0.2, -0.15) is 10.1 Å². The number of piperidine rings is 1. The van der Waals surface area contributed by atoms with Crippen LogP contribution in [0.2, 0.25) is 0 Å². The van der Waals surface area contributed by atoms with Crippen LogP contribution >= 0.6 is 0 Å². The lowest BCUT2D eigenvalue weighted by Gasteiger charge is -2.30. The number of nitrogens with one attached hydrogen (secondary N) is 1. The van der Waals surface area contributed by atoms with Crippen molar-refractivity contribution in [3.8, 4) is 17.0 Å². The summed E-state index contributed by atoms with van der Waals surface area (Å²) in [5.41, 5.74) is 3.11. The van der Waals surface area contributed by atoms with Crippen molar-refractivity contribution in [3.05, 3.63) is 77.3 Å². The summed E-state index contributed by atoms with van der Waals surface area (Å²) in [5.74, 6) is 1.79. The first-order valence-corrected chi connectivity index (χ1v) is 12.7. The van der Waals surface area contributed by atoms with E-state index >= 15 is 0 Å². The van der Waals surface area contributed by atoms with Gasteiger partial charge in [0.25, 0.3) is 5.91 Å². The second kappa shape index (κ2) is 11.1. The number of likely N-dealkylation sites (tertiary alicyclic amines) is 1. The van der Waals surface area contributed by atoms with Crippen molar-refractivity contribution in [2.24, 2.45) is 7.05 Å². The Morgan fingerprint density at radius 2 is 1.97 bits per heavy atom. The topological polar surface area (TPSA) is 98.3 Å². The highest BCUT2D eigenvalue weighted by Crippen LogP contribution is 2.33. The standard InChI is InChI=1S/C28H31FN6O3/c1-18-16-21(4-6-24(18)29)27(36)32-22-5-7-26(23(17-22)25-8-11-30-34(25)3)37-15-14-35-12-9-20(10-13-35)28-31-19(2)33-38-28/h4-8,11,16-17,20H,9-10,12-15H2,1-3H3,(H,32,36). The molecule has 1 saturated heterocycles. The van der Waals surface area contributed by atoms with Gasteiger partial charge in [0.1, 0.15) is 18.2 Å². The van der Waals surface area contributed by atoms with Gasteiger partial charge in [-0.3, -0.25) is 14.4 Å². The molecular weight excluding hydrogens is 487 g/mol. The Hall–Kier alpha value is -4.05. The molecule has 1 N–H and O–H groups in total. The number of aryl methyl sites for hydroxylation is 3. The largest absolute Gasteiger partial charge is 0.492 e. The van der Waals surface area contributed by atoms with Gasteiger partial charge in [-0.1, -0.05) is 5.16 Å². The van der Waals surface area contributed by atoms with E-state index in [1.165, 1.54) is 18.2 Å². The van der Waals surface area contributed by atoms with Gasteiger partial charge in [-0.05, 0) is 87.8 Å². The first-order valence-electron chi connectivity index (χ1n) is 12.7. The summed E-state index contributed by atoms with van der Waals surface area (Å²) >= 11 is 0. The lowest BCUT2D eigenvalue weighted by atomic mass is 9.97. The minimum atomic E-state index is -0.340. The Balaban J connectivity index is 1.23. The van der Waals surface area contributed by atoms with Gasteiger partial charge in [-0.25, -0.2) is 4.39 Å². The fourth-order valence-corrected chi connectivity index (χ4v) is 4.73. The molecule has 0 unspecified atom stereocenters. The minimum absolute atomic E-state index is 0.309. The second-order valence-corrected chi connectivity index (χ2v) is 9.61. The smallest absolute Gasteiger partial charge is 0.255 e. The van der Waals surface area contributed by atoms with E-state index in [9.17, 15) is 9.18 Å². The highest BCUT2D eigenvalue weighted by Gasteiger charge is 2.25. The summed E-state index contributed by atoms with van der Waals surface area (Å²) < 4.78 is 27.0. The van der Waals surface area contributed by atoms with Gasteiger partial charge in [-0.15, -0.1) is 0 Å². The van der Waals surface area contributed by atoms with Crippen LogP contribution in [0.15, 0.2) is 53.2 Å². The van der Waals surface area contributed by atoms with Crippen molar-refractivity contribution < 1.29 is 18.4 Å². The first kappa shape index (κ1) is 25.6. The summed E-state index contributed by atoms with van der Waals surface area (Å²) in [7, 11) is 1.86.